The standard InChI is InChI=1S/C18H24N4O3/c1-12(2)25-16-7-6-15(9-17(16)24-5)10-19-20-18(23)11-22-14(4)8-13(3)21-22/h6-10,12H,11H2,1-5H3,(H,20,23)/b19-10+. The Morgan fingerprint density at radius 1 is 1.32 bits per heavy atom. The number of methoxy groups -OCH3 is 1. The lowest BCUT2D eigenvalue weighted by Gasteiger charge is -2.13. The average Bonchev–Trinajstić information content (AvgIpc) is 2.85. The summed E-state index contributed by atoms with van der Waals surface area (Å²) in [6.45, 7) is 7.82. The number of nitrogens with one attached hydrogen (secondary N) is 1. The highest BCUT2D eigenvalue weighted by atomic mass is 16.5. The van der Waals surface area contributed by atoms with Gasteiger partial charge in [-0.2, -0.15) is 10.2 Å². The smallest absolute Gasteiger partial charge is 0.261 e. The number of hydrogen-bond acceptors (Lipinski definition) is 5. The number of amides is 1. The monoisotopic (exact) mass is 344 g/mol. The third-order valence-electron chi connectivity index (χ3n) is 3.35. The van der Waals surface area contributed by atoms with E-state index in [1.807, 2.05) is 45.9 Å². The second kappa shape index (κ2) is 8.32. The second-order valence-electron chi connectivity index (χ2n) is 5.95. The van der Waals surface area contributed by atoms with Crippen molar-refractivity contribution in [3.05, 3.63) is 41.2 Å². The van der Waals surface area contributed by atoms with Crippen molar-refractivity contribution in [2.75, 3.05) is 7.11 Å². The molecule has 1 amide bonds. The lowest BCUT2D eigenvalue weighted by Crippen LogP contribution is -2.24. The molecule has 2 rings (SSSR count). The van der Waals surface area contributed by atoms with Crippen LogP contribution in [-0.2, 0) is 11.3 Å². The first-order valence-corrected chi connectivity index (χ1v) is 8.06. The van der Waals surface area contributed by atoms with E-state index in [4.69, 9.17) is 9.47 Å². The van der Waals surface area contributed by atoms with Crippen molar-refractivity contribution in [1.29, 1.82) is 0 Å². The Labute approximate surface area is 147 Å². The van der Waals surface area contributed by atoms with Crippen LogP contribution >= 0.6 is 0 Å². The predicted molar refractivity (Wildman–Crippen MR) is 96.2 cm³/mol. The highest BCUT2D eigenvalue weighted by Gasteiger charge is 2.08. The van der Waals surface area contributed by atoms with Gasteiger partial charge in [-0.1, -0.05) is 0 Å². The predicted octanol–water partition coefficient (Wildman–Crippen LogP) is 2.45. The Bertz CT molecular complexity index is 766. The minimum Gasteiger partial charge on any atom is -0.493 e. The summed E-state index contributed by atoms with van der Waals surface area (Å²) in [5, 5.41) is 8.22. The van der Waals surface area contributed by atoms with Crippen LogP contribution in [0.1, 0.15) is 30.8 Å². The molecule has 1 aromatic heterocycles. The van der Waals surface area contributed by atoms with Crippen molar-refractivity contribution in [3.63, 3.8) is 0 Å². The molecule has 0 bridgehead atoms. The maximum atomic E-state index is 11.9. The molecule has 0 fully saturated rings. The number of rotatable bonds is 7. The number of aromatic nitrogens is 2. The van der Waals surface area contributed by atoms with Crippen LogP contribution in [-0.4, -0.2) is 35.1 Å². The third kappa shape index (κ3) is 5.34. The van der Waals surface area contributed by atoms with Gasteiger partial charge in [0.15, 0.2) is 11.5 Å². The lowest BCUT2D eigenvalue weighted by molar-refractivity contribution is -0.121. The summed E-state index contributed by atoms with van der Waals surface area (Å²) in [5.41, 5.74) is 5.10. The first-order valence-electron chi connectivity index (χ1n) is 8.06. The summed E-state index contributed by atoms with van der Waals surface area (Å²) in [7, 11) is 1.58. The van der Waals surface area contributed by atoms with Gasteiger partial charge in [0.2, 0.25) is 0 Å². The Kier molecular flexibility index (Phi) is 6.16. The van der Waals surface area contributed by atoms with Crippen LogP contribution in [0.5, 0.6) is 11.5 Å². The molecular weight excluding hydrogens is 320 g/mol. The van der Waals surface area contributed by atoms with E-state index in [0.717, 1.165) is 17.0 Å². The molecule has 0 aliphatic rings. The molecule has 0 aliphatic heterocycles. The molecule has 0 saturated heterocycles. The van der Waals surface area contributed by atoms with E-state index in [1.54, 1.807) is 24.1 Å². The number of benzene rings is 1. The van der Waals surface area contributed by atoms with Gasteiger partial charge in [0.05, 0.1) is 25.1 Å². The number of aryl methyl sites for hydroxylation is 2. The van der Waals surface area contributed by atoms with Crippen LogP contribution in [0.2, 0.25) is 0 Å². The molecule has 1 N–H and O–H groups in total. The van der Waals surface area contributed by atoms with E-state index >= 15 is 0 Å². The van der Waals surface area contributed by atoms with Crippen LogP contribution in [0.15, 0.2) is 29.4 Å². The number of carbonyl (C=O) groups is 1. The summed E-state index contributed by atoms with van der Waals surface area (Å²) < 4.78 is 12.6. The first kappa shape index (κ1) is 18.5. The van der Waals surface area contributed by atoms with Crippen molar-refractivity contribution >= 4 is 12.1 Å². The van der Waals surface area contributed by atoms with Gasteiger partial charge >= 0.3 is 0 Å². The summed E-state index contributed by atoms with van der Waals surface area (Å²) >= 11 is 0. The Hall–Kier alpha value is -2.83. The SMILES string of the molecule is COc1cc(/C=N/NC(=O)Cn2nc(C)cc2C)ccc1OC(C)C. The van der Waals surface area contributed by atoms with E-state index in [1.165, 1.54) is 0 Å². The molecule has 0 aliphatic carbocycles. The fraction of sp³-hybridized carbons (Fsp3) is 0.389. The van der Waals surface area contributed by atoms with Crippen molar-refractivity contribution in [1.82, 2.24) is 15.2 Å². The number of hydrazone groups is 1. The number of hydrogen-bond donors (Lipinski definition) is 1. The van der Waals surface area contributed by atoms with Crippen molar-refractivity contribution in [3.8, 4) is 11.5 Å². The van der Waals surface area contributed by atoms with Gasteiger partial charge < -0.3 is 9.47 Å². The molecule has 0 unspecified atom stereocenters. The van der Waals surface area contributed by atoms with E-state index in [2.05, 4.69) is 15.6 Å². The first-order chi connectivity index (χ1) is 11.9. The molecular formula is C18H24N4O3. The van der Waals surface area contributed by atoms with Gasteiger partial charge in [-0.3, -0.25) is 9.48 Å². The van der Waals surface area contributed by atoms with Crippen molar-refractivity contribution in [2.24, 2.45) is 5.10 Å². The largest absolute Gasteiger partial charge is 0.493 e. The summed E-state index contributed by atoms with van der Waals surface area (Å²) in [6, 6.07) is 7.38. The molecule has 0 spiro atoms. The zero-order valence-electron chi connectivity index (χ0n) is 15.2. The Balaban J connectivity index is 1.97. The molecule has 25 heavy (non-hydrogen) atoms. The van der Waals surface area contributed by atoms with Crippen LogP contribution in [0.3, 0.4) is 0 Å². The van der Waals surface area contributed by atoms with Crippen LogP contribution in [0.25, 0.3) is 0 Å². The summed E-state index contributed by atoms with van der Waals surface area (Å²) in [4.78, 5) is 11.9. The fourth-order valence-corrected chi connectivity index (χ4v) is 2.30. The fourth-order valence-electron chi connectivity index (χ4n) is 2.30. The zero-order chi connectivity index (χ0) is 18.4. The third-order valence-corrected chi connectivity index (χ3v) is 3.35. The Morgan fingerprint density at radius 3 is 2.68 bits per heavy atom. The van der Waals surface area contributed by atoms with Crippen LogP contribution in [0.4, 0.5) is 0 Å². The lowest BCUT2D eigenvalue weighted by atomic mass is 10.2. The minimum absolute atomic E-state index is 0.0575. The molecule has 0 radical (unpaired) electrons. The molecule has 7 nitrogen and oxygen atoms in total. The van der Waals surface area contributed by atoms with Crippen LogP contribution < -0.4 is 14.9 Å². The average molecular weight is 344 g/mol. The Morgan fingerprint density at radius 2 is 2.08 bits per heavy atom. The highest BCUT2D eigenvalue weighted by molar-refractivity contribution is 5.83. The quantitative estimate of drug-likeness (QED) is 0.618. The van der Waals surface area contributed by atoms with Gasteiger partial charge in [0, 0.05) is 5.69 Å². The highest BCUT2D eigenvalue weighted by Crippen LogP contribution is 2.28. The zero-order valence-corrected chi connectivity index (χ0v) is 15.2. The van der Waals surface area contributed by atoms with E-state index < -0.39 is 0 Å². The van der Waals surface area contributed by atoms with E-state index in [9.17, 15) is 4.79 Å². The molecule has 1 aromatic carbocycles. The number of carbonyl (C=O) groups excluding carboxylic acids is 1. The van der Waals surface area contributed by atoms with Crippen LogP contribution in [0, 0.1) is 13.8 Å². The van der Waals surface area contributed by atoms with Gasteiger partial charge in [0.1, 0.15) is 6.54 Å². The van der Waals surface area contributed by atoms with Gasteiger partial charge in [-0.25, -0.2) is 5.43 Å². The van der Waals surface area contributed by atoms with Gasteiger partial charge in [-0.05, 0) is 57.5 Å². The summed E-state index contributed by atoms with van der Waals surface area (Å²) in [5.74, 6) is 1.05. The van der Waals surface area contributed by atoms with Crippen molar-refractivity contribution < 1.29 is 14.3 Å². The normalized spacial score (nSPS) is 11.1. The molecule has 7 heteroatoms. The number of ether oxygens (including phenoxy) is 2. The molecule has 0 atom stereocenters. The molecule has 2 aromatic rings. The number of nitrogens with zero attached hydrogens (tertiary/aromatic N) is 3. The molecule has 0 saturated carbocycles. The topological polar surface area (TPSA) is 77.7 Å². The minimum atomic E-state index is -0.242. The summed E-state index contributed by atoms with van der Waals surface area (Å²) in [6.07, 6.45) is 1.61. The van der Waals surface area contributed by atoms with Gasteiger partial charge in [-0.15, -0.1) is 0 Å². The van der Waals surface area contributed by atoms with E-state index in [-0.39, 0.29) is 18.6 Å². The van der Waals surface area contributed by atoms with Crippen molar-refractivity contribution in [2.45, 2.75) is 40.3 Å². The van der Waals surface area contributed by atoms with E-state index in [0.29, 0.717) is 11.5 Å². The molecule has 1 heterocycles. The maximum Gasteiger partial charge on any atom is 0.261 e. The van der Waals surface area contributed by atoms with Gasteiger partial charge in [0.25, 0.3) is 5.91 Å². The second-order valence-corrected chi connectivity index (χ2v) is 5.95. The molecule has 134 valence electrons. The maximum absolute atomic E-state index is 11.9.